The Bertz CT molecular complexity index is 646. The number of halogens is 2. The maximum absolute atomic E-state index is 10.5. The highest BCUT2D eigenvalue weighted by atomic mass is 79.9. The quantitative estimate of drug-likeness (QED) is 0.576. The van der Waals surface area contributed by atoms with E-state index in [2.05, 4.69) is 31.9 Å². The lowest BCUT2D eigenvalue weighted by molar-refractivity contribution is 0.0696. The Kier molecular flexibility index (Phi) is 15.3. The highest BCUT2D eigenvalue weighted by molar-refractivity contribution is 9.10. The summed E-state index contributed by atoms with van der Waals surface area (Å²) in [7, 11) is 0. The van der Waals surface area contributed by atoms with Gasteiger partial charge < -0.3 is 10.2 Å². The van der Waals surface area contributed by atoms with E-state index in [0.717, 1.165) is 25.6 Å². The van der Waals surface area contributed by atoms with E-state index in [1.165, 1.54) is 0 Å². The van der Waals surface area contributed by atoms with E-state index in [-0.39, 0.29) is 29.9 Å². The minimum absolute atomic E-state index is 0. The van der Waals surface area contributed by atoms with E-state index in [0.29, 0.717) is 5.56 Å². The molecule has 0 atom stereocenters. The predicted octanol–water partition coefficient (Wildman–Crippen LogP) is 5.60. The van der Waals surface area contributed by atoms with Crippen LogP contribution < -0.4 is 0 Å². The molecule has 0 aliphatic rings. The molecular formula is C18H24BBr2O3. The molecule has 0 saturated heterocycles. The molecule has 2 aromatic carbocycles. The van der Waals surface area contributed by atoms with Gasteiger partial charge in [-0.1, -0.05) is 52.8 Å². The Morgan fingerprint density at radius 2 is 1.42 bits per heavy atom. The van der Waals surface area contributed by atoms with Crippen LogP contribution in [0, 0.1) is 13.8 Å². The second-order valence-corrected chi connectivity index (χ2v) is 6.32. The van der Waals surface area contributed by atoms with Crippen LogP contribution >= 0.6 is 31.9 Å². The fraction of sp³-hybridized carbons (Fsp3) is 0.278. The average Bonchev–Trinajstić information content (AvgIpc) is 2.39. The molecule has 0 bridgehead atoms. The van der Waals surface area contributed by atoms with Crippen LogP contribution in [0.15, 0.2) is 45.3 Å². The first kappa shape index (κ1) is 27.7. The maximum Gasteiger partial charge on any atom is 0.335 e. The number of aryl methyl sites for hydroxylation is 2. The zero-order valence-electron chi connectivity index (χ0n) is 12.3. The van der Waals surface area contributed by atoms with Crippen LogP contribution in [-0.4, -0.2) is 24.6 Å². The molecule has 0 spiro atoms. The predicted molar refractivity (Wildman–Crippen MR) is 110 cm³/mol. The summed E-state index contributed by atoms with van der Waals surface area (Å²) in [6.45, 7) is 3.88. The summed E-state index contributed by atoms with van der Waals surface area (Å²) in [6.07, 6.45) is 0. The van der Waals surface area contributed by atoms with E-state index < -0.39 is 5.97 Å². The van der Waals surface area contributed by atoms with E-state index in [1.54, 1.807) is 25.1 Å². The minimum atomic E-state index is -0.880. The van der Waals surface area contributed by atoms with Crippen molar-refractivity contribution in [2.75, 3.05) is 0 Å². The first-order chi connectivity index (χ1) is 9.85. The summed E-state index contributed by atoms with van der Waals surface area (Å²) >= 11 is 6.60. The van der Waals surface area contributed by atoms with Gasteiger partial charge in [-0.05, 0) is 60.9 Å². The maximum atomic E-state index is 10.5. The first-order valence-corrected chi connectivity index (χ1v) is 7.79. The lowest BCUT2D eigenvalue weighted by Gasteiger charge is -2.00. The van der Waals surface area contributed by atoms with E-state index in [4.69, 9.17) is 10.2 Å². The van der Waals surface area contributed by atoms with Gasteiger partial charge in [0.15, 0.2) is 0 Å². The van der Waals surface area contributed by atoms with Crippen molar-refractivity contribution in [1.82, 2.24) is 0 Å². The molecule has 2 aromatic rings. The summed E-state index contributed by atoms with van der Waals surface area (Å²) in [5.74, 6) is -0.880. The summed E-state index contributed by atoms with van der Waals surface area (Å²) in [5.41, 5.74) is 3.24. The Labute approximate surface area is 164 Å². The Morgan fingerprint density at radius 3 is 1.79 bits per heavy atom. The summed E-state index contributed by atoms with van der Waals surface area (Å²) in [5, 5.41) is 17.4. The molecule has 0 fully saturated rings. The number of carboxylic acids is 1. The van der Waals surface area contributed by atoms with Crippen LogP contribution in [0.5, 0.6) is 0 Å². The van der Waals surface area contributed by atoms with Gasteiger partial charge in [0.05, 0.1) is 12.2 Å². The van der Waals surface area contributed by atoms with Gasteiger partial charge in [0.25, 0.3) is 0 Å². The van der Waals surface area contributed by atoms with Crippen molar-refractivity contribution in [2.45, 2.75) is 35.3 Å². The molecule has 131 valence electrons. The summed E-state index contributed by atoms with van der Waals surface area (Å²) < 4.78 is 1.96. The van der Waals surface area contributed by atoms with Crippen LogP contribution in [0.4, 0.5) is 0 Å². The number of hydrogen-bond acceptors (Lipinski definition) is 2. The van der Waals surface area contributed by atoms with Gasteiger partial charge in [-0.15, -0.1) is 0 Å². The number of aliphatic hydroxyl groups is 1. The summed E-state index contributed by atoms with van der Waals surface area (Å²) in [6, 6.07) is 10.9. The van der Waals surface area contributed by atoms with Crippen LogP contribution in [-0.2, 0) is 6.61 Å². The number of carbonyl (C=O) groups is 1. The van der Waals surface area contributed by atoms with Gasteiger partial charge in [-0.25, -0.2) is 4.79 Å². The van der Waals surface area contributed by atoms with Gasteiger partial charge >= 0.3 is 5.97 Å². The molecule has 0 saturated carbocycles. The van der Waals surface area contributed by atoms with Crippen molar-refractivity contribution in [3.05, 3.63) is 67.6 Å². The molecule has 0 aromatic heterocycles. The monoisotopic (exact) mass is 457 g/mol. The number of carboxylic acid groups (broad SMARTS) is 1. The fourth-order valence-electron chi connectivity index (χ4n) is 1.70. The van der Waals surface area contributed by atoms with E-state index >= 15 is 0 Å². The van der Waals surface area contributed by atoms with Crippen molar-refractivity contribution >= 4 is 46.2 Å². The number of rotatable bonds is 2. The van der Waals surface area contributed by atoms with E-state index in [1.807, 2.05) is 25.1 Å². The third kappa shape index (κ3) is 8.66. The number of hydrogen-bond donors (Lipinski definition) is 2. The second-order valence-electron chi connectivity index (χ2n) is 4.49. The third-order valence-electron chi connectivity index (χ3n) is 2.89. The Hall–Kier alpha value is -1.11. The van der Waals surface area contributed by atoms with Gasteiger partial charge in [0.2, 0.25) is 0 Å². The molecule has 3 radical (unpaired) electrons. The van der Waals surface area contributed by atoms with Gasteiger partial charge in [-0.2, -0.15) is 0 Å². The molecule has 2 rings (SSSR count). The molecule has 0 unspecified atom stereocenters. The SMILES string of the molecule is C.C.Cc1cc(Br)ccc1C(=O)O.Cc1cc(Br)ccc1CO.[B]. The molecule has 0 aliphatic carbocycles. The molecule has 6 heteroatoms. The molecule has 2 N–H and O–H groups in total. The topological polar surface area (TPSA) is 57.5 Å². The highest BCUT2D eigenvalue weighted by Crippen LogP contribution is 2.16. The number of aliphatic hydroxyl groups excluding tert-OH is 1. The van der Waals surface area contributed by atoms with Crippen molar-refractivity contribution in [2.24, 2.45) is 0 Å². The van der Waals surface area contributed by atoms with Crippen LogP contribution in [0.25, 0.3) is 0 Å². The first-order valence-electron chi connectivity index (χ1n) is 6.20. The average molecular weight is 459 g/mol. The number of aromatic carboxylic acids is 1. The van der Waals surface area contributed by atoms with Gasteiger partial charge in [0.1, 0.15) is 0 Å². The van der Waals surface area contributed by atoms with E-state index in [9.17, 15) is 4.79 Å². The van der Waals surface area contributed by atoms with Crippen molar-refractivity contribution < 1.29 is 15.0 Å². The largest absolute Gasteiger partial charge is 0.478 e. The molecule has 3 nitrogen and oxygen atoms in total. The smallest absolute Gasteiger partial charge is 0.335 e. The van der Waals surface area contributed by atoms with Crippen molar-refractivity contribution in [1.29, 1.82) is 0 Å². The standard InChI is InChI=1S/C8H7BrO2.C8H9BrO.2CH4.B/c1-5-4-6(9)2-3-7(5)8(10)11;1-6-4-8(9)3-2-7(6)5-10;;;/h2-4H,1H3,(H,10,11);2-4,10H,5H2,1H3;2*1H4;. The van der Waals surface area contributed by atoms with Crippen LogP contribution in [0.1, 0.15) is 41.9 Å². The zero-order chi connectivity index (χ0) is 16.0. The summed E-state index contributed by atoms with van der Waals surface area (Å²) in [4.78, 5) is 10.5. The van der Waals surface area contributed by atoms with Crippen molar-refractivity contribution in [3.63, 3.8) is 0 Å². The van der Waals surface area contributed by atoms with Gasteiger partial charge in [0, 0.05) is 17.4 Å². The second kappa shape index (κ2) is 13.2. The third-order valence-corrected chi connectivity index (χ3v) is 3.88. The highest BCUT2D eigenvalue weighted by Gasteiger charge is 2.05. The number of benzene rings is 2. The molecule has 0 heterocycles. The Morgan fingerprint density at radius 1 is 0.958 bits per heavy atom. The molecule has 24 heavy (non-hydrogen) atoms. The zero-order valence-corrected chi connectivity index (χ0v) is 15.5. The molecule has 0 aliphatic heterocycles. The van der Waals surface area contributed by atoms with Crippen LogP contribution in [0.3, 0.4) is 0 Å². The lowest BCUT2D eigenvalue weighted by atomic mass is 10.1. The normalized spacial score (nSPS) is 8.54. The van der Waals surface area contributed by atoms with Crippen LogP contribution in [0.2, 0.25) is 0 Å². The minimum Gasteiger partial charge on any atom is -0.478 e. The molecular weight excluding hydrogens is 435 g/mol. The fourth-order valence-corrected chi connectivity index (χ4v) is 2.65. The van der Waals surface area contributed by atoms with Gasteiger partial charge in [-0.3, -0.25) is 0 Å². The lowest BCUT2D eigenvalue weighted by Crippen LogP contribution is -1.98. The van der Waals surface area contributed by atoms with Crippen molar-refractivity contribution in [3.8, 4) is 0 Å². The molecule has 0 amide bonds. The Balaban J connectivity index is -0.000000328.